The number of rotatable bonds is 3. The summed E-state index contributed by atoms with van der Waals surface area (Å²) in [5, 5.41) is 20.6. The molecule has 0 spiro atoms. The van der Waals surface area contributed by atoms with Crippen LogP contribution in [0.25, 0.3) is 0 Å². The molecule has 0 fully saturated rings. The van der Waals surface area contributed by atoms with E-state index in [-0.39, 0.29) is 0 Å². The number of benzene rings is 1. The van der Waals surface area contributed by atoms with Gasteiger partial charge in [-0.25, -0.2) is 0 Å². The van der Waals surface area contributed by atoms with Crippen molar-refractivity contribution >= 4 is 21.7 Å². The minimum absolute atomic E-state index is 0.537. The van der Waals surface area contributed by atoms with Crippen LogP contribution in [-0.4, -0.2) is 10.2 Å². The SMILES string of the molecule is Cc1ccc(Br)cc1CNc1nnc(C)c(C)c1C#N. The van der Waals surface area contributed by atoms with Crippen molar-refractivity contribution in [1.29, 1.82) is 5.26 Å². The van der Waals surface area contributed by atoms with Gasteiger partial charge >= 0.3 is 0 Å². The highest BCUT2D eigenvalue weighted by Crippen LogP contribution is 2.20. The smallest absolute Gasteiger partial charge is 0.167 e. The highest BCUT2D eigenvalue weighted by Gasteiger charge is 2.10. The van der Waals surface area contributed by atoms with Gasteiger partial charge < -0.3 is 5.32 Å². The Bertz CT molecular complexity index is 689. The van der Waals surface area contributed by atoms with E-state index in [9.17, 15) is 5.26 Å². The van der Waals surface area contributed by atoms with Gasteiger partial charge in [0.25, 0.3) is 0 Å². The highest BCUT2D eigenvalue weighted by molar-refractivity contribution is 9.10. The fourth-order valence-corrected chi connectivity index (χ4v) is 2.29. The second-order valence-corrected chi connectivity index (χ2v) is 5.59. The van der Waals surface area contributed by atoms with Crippen LogP contribution in [0.4, 0.5) is 5.82 Å². The molecule has 4 nitrogen and oxygen atoms in total. The second-order valence-electron chi connectivity index (χ2n) is 4.67. The van der Waals surface area contributed by atoms with Gasteiger partial charge in [0.1, 0.15) is 11.6 Å². The zero-order valence-electron chi connectivity index (χ0n) is 11.7. The molecule has 1 aromatic heterocycles. The Morgan fingerprint density at radius 1 is 1.25 bits per heavy atom. The molecule has 0 atom stereocenters. The molecule has 0 bridgehead atoms. The van der Waals surface area contributed by atoms with Crippen LogP contribution < -0.4 is 5.32 Å². The minimum Gasteiger partial charge on any atom is -0.363 e. The van der Waals surface area contributed by atoms with Crippen molar-refractivity contribution in [2.45, 2.75) is 27.3 Å². The molecule has 0 aliphatic rings. The van der Waals surface area contributed by atoms with Gasteiger partial charge in [-0.1, -0.05) is 22.0 Å². The normalized spacial score (nSPS) is 10.2. The van der Waals surface area contributed by atoms with Crippen LogP contribution in [0.3, 0.4) is 0 Å². The molecule has 0 radical (unpaired) electrons. The number of hydrogen-bond donors (Lipinski definition) is 1. The first-order valence-electron chi connectivity index (χ1n) is 6.25. The number of nitrogens with zero attached hydrogens (tertiary/aromatic N) is 3. The van der Waals surface area contributed by atoms with Crippen LogP contribution in [-0.2, 0) is 6.54 Å². The van der Waals surface area contributed by atoms with Gasteiger partial charge in [-0.2, -0.15) is 10.4 Å². The molecule has 2 aromatic rings. The Morgan fingerprint density at radius 3 is 2.70 bits per heavy atom. The van der Waals surface area contributed by atoms with E-state index in [0.717, 1.165) is 21.3 Å². The number of nitrogens with one attached hydrogen (secondary N) is 1. The summed E-state index contributed by atoms with van der Waals surface area (Å²) in [6.07, 6.45) is 0. The lowest BCUT2D eigenvalue weighted by atomic mass is 10.1. The first-order chi connectivity index (χ1) is 9.52. The first-order valence-corrected chi connectivity index (χ1v) is 7.05. The van der Waals surface area contributed by atoms with E-state index in [1.165, 1.54) is 5.56 Å². The molecule has 5 heteroatoms. The van der Waals surface area contributed by atoms with Gasteiger partial charge in [-0.15, -0.1) is 5.10 Å². The van der Waals surface area contributed by atoms with Gasteiger partial charge in [0.05, 0.1) is 5.69 Å². The van der Waals surface area contributed by atoms with Gasteiger partial charge in [0.15, 0.2) is 5.82 Å². The van der Waals surface area contributed by atoms with Crippen LogP contribution in [0, 0.1) is 32.1 Å². The number of aryl methyl sites for hydroxylation is 2. The summed E-state index contributed by atoms with van der Waals surface area (Å²) < 4.78 is 1.03. The van der Waals surface area contributed by atoms with E-state index in [1.54, 1.807) is 0 Å². The number of hydrogen-bond acceptors (Lipinski definition) is 4. The third-order valence-electron chi connectivity index (χ3n) is 3.32. The predicted octanol–water partition coefficient (Wildman–Crippen LogP) is 3.65. The van der Waals surface area contributed by atoms with Crippen molar-refractivity contribution in [2.24, 2.45) is 0 Å². The van der Waals surface area contributed by atoms with E-state index in [4.69, 9.17) is 0 Å². The predicted molar refractivity (Wildman–Crippen MR) is 82.4 cm³/mol. The molecule has 0 amide bonds. The molecule has 0 aliphatic carbocycles. The molecule has 20 heavy (non-hydrogen) atoms. The summed E-state index contributed by atoms with van der Waals surface area (Å²) in [6.45, 7) is 6.40. The fraction of sp³-hybridized carbons (Fsp3) is 0.267. The maximum Gasteiger partial charge on any atom is 0.167 e. The number of halogens is 1. The Labute approximate surface area is 127 Å². The maximum atomic E-state index is 9.25. The third-order valence-corrected chi connectivity index (χ3v) is 3.82. The van der Waals surface area contributed by atoms with Crippen molar-refractivity contribution < 1.29 is 0 Å². The molecule has 102 valence electrons. The van der Waals surface area contributed by atoms with E-state index in [0.29, 0.717) is 17.9 Å². The number of aromatic nitrogens is 2. The lowest BCUT2D eigenvalue weighted by molar-refractivity contribution is 0.939. The van der Waals surface area contributed by atoms with E-state index in [2.05, 4.69) is 56.6 Å². The molecule has 2 rings (SSSR count). The van der Waals surface area contributed by atoms with Gasteiger partial charge in [0.2, 0.25) is 0 Å². The fourth-order valence-electron chi connectivity index (χ4n) is 1.88. The van der Waals surface area contributed by atoms with Crippen LogP contribution >= 0.6 is 15.9 Å². The zero-order valence-corrected chi connectivity index (χ0v) is 13.2. The van der Waals surface area contributed by atoms with Crippen molar-refractivity contribution in [3.8, 4) is 6.07 Å². The molecule has 0 unspecified atom stereocenters. The van der Waals surface area contributed by atoms with E-state index < -0.39 is 0 Å². The Kier molecular flexibility index (Phi) is 4.35. The van der Waals surface area contributed by atoms with Crippen molar-refractivity contribution in [1.82, 2.24) is 10.2 Å². The summed E-state index contributed by atoms with van der Waals surface area (Å²) >= 11 is 3.46. The molecule has 0 saturated carbocycles. The monoisotopic (exact) mass is 330 g/mol. The Hall–Kier alpha value is -1.93. The zero-order chi connectivity index (χ0) is 14.7. The summed E-state index contributed by atoms with van der Waals surface area (Å²) in [5.74, 6) is 0.537. The lowest BCUT2D eigenvalue weighted by Gasteiger charge is -2.11. The second kappa shape index (κ2) is 6.02. The standard InChI is InChI=1S/C15H15BrN4/c1-9-4-5-13(16)6-12(9)8-18-15-14(7-17)10(2)11(3)19-20-15/h4-6H,8H2,1-3H3,(H,18,20). The molecule has 0 saturated heterocycles. The summed E-state index contributed by atoms with van der Waals surface area (Å²) in [7, 11) is 0. The highest BCUT2D eigenvalue weighted by atomic mass is 79.9. The molecule has 1 aromatic carbocycles. The summed E-state index contributed by atoms with van der Waals surface area (Å²) in [6, 6.07) is 8.31. The molecule has 0 aliphatic heterocycles. The molecular formula is C15H15BrN4. The first kappa shape index (κ1) is 14.5. The van der Waals surface area contributed by atoms with Crippen LogP contribution in [0.1, 0.15) is 27.9 Å². The summed E-state index contributed by atoms with van der Waals surface area (Å²) in [5.41, 5.74) is 4.56. The van der Waals surface area contributed by atoms with Gasteiger partial charge in [-0.05, 0) is 49.6 Å². The average molecular weight is 331 g/mol. The van der Waals surface area contributed by atoms with Crippen molar-refractivity contribution in [3.05, 3.63) is 50.6 Å². The average Bonchev–Trinajstić information content (AvgIpc) is 2.43. The van der Waals surface area contributed by atoms with Gasteiger partial charge in [0, 0.05) is 11.0 Å². The maximum absolute atomic E-state index is 9.25. The van der Waals surface area contributed by atoms with Crippen LogP contribution in [0.5, 0.6) is 0 Å². The third kappa shape index (κ3) is 2.97. The topological polar surface area (TPSA) is 61.6 Å². The molecule has 1 heterocycles. The minimum atomic E-state index is 0.537. The van der Waals surface area contributed by atoms with Crippen molar-refractivity contribution in [3.63, 3.8) is 0 Å². The van der Waals surface area contributed by atoms with Crippen molar-refractivity contribution in [2.75, 3.05) is 5.32 Å². The number of nitriles is 1. The van der Waals surface area contributed by atoms with Crippen LogP contribution in [0.15, 0.2) is 22.7 Å². The van der Waals surface area contributed by atoms with E-state index >= 15 is 0 Å². The molecule has 1 N–H and O–H groups in total. The van der Waals surface area contributed by atoms with Crippen LogP contribution in [0.2, 0.25) is 0 Å². The lowest BCUT2D eigenvalue weighted by Crippen LogP contribution is -2.08. The van der Waals surface area contributed by atoms with Gasteiger partial charge in [-0.3, -0.25) is 0 Å². The van der Waals surface area contributed by atoms with E-state index in [1.807, 2.05) is 19.9 Å². The number of anilines is 1. The quantitative estimate of drug-likeness (QED) is 0.933. The Morgan fingerprint density at radius 2 is 2.00 bits per heavy atom. The largest absolute Gasteiger partial charge is 0.363 e. The molecular weight excluding hydrogens is 316 g/mol. The summed E-state index contributed by atoms with van der Waals surface area (Å²) in [4.78, 5) is 0. The Balaban J connectivity index is 2.26.